The van der Waals surface area contributed by atoms with Crippen LogP contribution in [-0.2, 0) is 6.42 Å². The number of ether oxygens (including phenoxy) is 1. The van der Waals surface area contributed by atoms with Crippen LogP contribution in [0.2, 0.25) is 0 Å². The van der Waals surface area contributed by atoms with Crippen molar-refractivity contribution in [1.82, 2.24) is 4.90 Å². The molecule has 2 N–H and O–H groups in total. The zero-order chi connectivity index (χ0) is 18.6. The van der Waals surface area contributed by atoms with Gasteiger partial charge < -0.3 is 19.8 Å². The highest BCUT2D eigenvalue weighted by Crippen LogP contribution is 2.30. The molecule has 5 heteroatoms. The zero-order valence-corrected chi connectivity index (χ0v) is 15.1. The fourth-order valence-electron chi connectivity index (χ4n) is 3.57. The van der Waals surface area contributed by atoms with Gasteiger partial charge in [-0.2, -0.15) is 0 Å². The van der Waals surface area contributed by atoms with Crippen LogP contribution in [0.4, 0.5) is 4.39 Å². The molecule has 0 saturated carbocycles. The monoisotopic (exact) mass is 359 g/mol. The van der Waals surface area contributed by atoms with E-state index in [0.717, 1.165) is 11.3 Å². The van der Waals surface area contributed by atoms with Crippen LogP contribution in [0.3, 0.4) is 0 Å². The molecular formula is C21H26FNO3. The Hall–Kier alpha value is -1.95. The topological polar surface area (TPSA) is 52.9 Å². The Morgan fingerprint density at radius 1 is 1.12 bits per heavy atom. The van der Waals surface area contributed by atoms with Gasteiger partial charge in [0.2, 0.25) is 0 Å². The van der Waals surface area contributed by atoms with Crippen molar-refractivity contribution in [3.05, 3.63) is 65.5 Å². The SMILES string of the molecule is COc1ccccc1CC1(O)CCN(CC(O)c2ccc(F)cc2)CC1. The molecule has 1 atom stereocenters. The standard InChI is InChI=1S/C21H26FNO3/c1-26-20-5-3-2-4-17(20)14-21(25)10-12-23(13-11-21)15-19(24)16-6-8-18(22)9-7-16/h2-9,19,24-25H,10-15H2,1H3. The van der Waals surface area contributed by atoms with Gasteiger partial charge in [0.1, 0.15) is 11.6 Å². The lowest BCUT2D eigenvalue weighted by Gasteiger charge is -2.39. The molecule has 26 heavy (non-hydrogen) atoms. The number of aliphatic hydroxyl groups excluding tert-OH is 1. The molecule has 1 saturated heterocycles. The van der Waals surface area contributed by atoms with Gasteiger partial charge in [0, 0.05) is 26.1 Å². The Kier molecular flexibility index (Phi) is 5.91. The molecule has 4 nitrogen and oxygen atoms in total. The Balaban J connectivity index is 1.55. The molecular weight excluding hydrogens is 333 g/mol. The van der Waals surface area contributed by atoms with Crippen molar-refractivity contribution < 1.29 is 19.3 Å². The number of hydrogen-bond donors (Lipinski definition) is 2. The lowest BCUT2D eigenvalue weighted by atomic mass is 9.85. The van der Waals surface area contributed by atoms with Crippen molar-refractivity contribution in [2.75, 3.05) is 26.7 Å². The predicted octanol–water partition coefficient (Wildman–Crippen LogP) is 2.94. The van der Waals surface area contributed by atoms with Crippen molar-refractivity contribution in [3.8, 4) is 5.75 Å². The highest BCUT2D eigenvalue weighted by molar-refractivity contribution is 5.34. The fourth-order valence-corrected chi connectivity index (χ4v) is 3.57. The number of hydrogen-bond acceptors (Lipinski definition) is 4. The molecule has 0 spiro atoms. The van der Waals surface area contributed by atoms with Crippen molar-refractivity contribution >= 4 is 0 Å². The summed E-state index contributed by atoms with van der Waals surface area (Å²) in [5.41, 5.74) is 0.963. The van der Waals surface area contributed by atoms with Gasteiger partial charge >= 0.3 is 0 Å². The molecule has 2 aromatic rings. The third-order valence-electron chi connectivity index (χ3n) is 5.18. The molecule has 0 amide bonds. The highest BCUT2D eigenvalue weighted by Gasteiger charge is 2.33. The van der Waals surface area contributed by atoms with E-state index in [0.29, 0.717) is 44.5 Å². The lowest BCUT2D eigenvalue weighted by molar-refractivity contribution is -0.0298. The number of β-amino-alcohol motifs (C(OH)–C–C–N with tert-alkyl or cyclic N) is 1. The van der Waals surface area contributed by atoms with Crippen molar-refractivity contribution in [2.45, 2.75) is 31.0 Å². The third kappa shape index (κ3) is 4.61. The van der Waals surface area contributed by atoms with E-state index >= 15 is 0 Å². The molecule has 0 radical (unpaired) electrons. The minimum atomic E-state index is -0.758. The Morgan fingerprint density at radius 2 is 1.77 bits per heavy atom. The Bertz CT molecular complexity index is 711. The smallest absolute Gasteiger partial charge is 0.123 e. The summed E-state index contributed by atoms with van der Waals surface area (Å²) in [4.78, 5) is 2.14. The highest BCUT2D eigenvalue weighted by atomic mass is 19.1. The molecule has 1 fully saturated rings. The first-order chi connectivity index (χ1) is 12.5. The lowest BCUT2D eigenvalue weighted by Crippen LogP contribution is -2.46. The molecule has 1 aliphatic heterocycles. The number of para-hydroxylation sites is 1. The van der Waals surface area contributed by atoms with Gasteiger partial charge in [-0.15, -0.1) is 0 Å². The van der Waals surface area contributed by atoms with Crippen LogP contribution in [0, 0.1) is 5.82 Å². The van der Waals surface area contributed by atoms with Crippen molar-refractivity contribution in [2.24, 2.45) is 0 Å². The summed E-state index contributed by atoms with van der Waals surface area (Å²) in [6, 6.07) is 13.7. The van der Waals surface area contributed by atoms with E-state index in [2.05, 4.69) is 4.90 Å². The normalized spacial score (nSPS) is 18.5. The van der Waals surface area contributed by atoms with Gasteiger partial charge in [-0.25, -0.2) is 4.39 Å². The average Bonchev–Trinajstić information content (AvgIpc) is 2.64. The number of likely N-dealkylation sites (tertiary alicyclic amines) is 1. The molecule has 3 rings (SSSR count). The van der Waals surface area contributed by atoms with E-state index in [1.54, 1.807) is 19.2 Å². The third-order valence-corrected chi connectivity index (χ3v) is 5.18. The first kappa shape index (κ1) is 18.8. The summed E-state index contributed by atoms with van der Waals surface area (Å²) in [7, 11) is 1.64. The molecule has 0 aromatic heterocycles. The number of piperidine rings is 1. The van der Waals surface area contributed by atoms with Gasteiger partial charge in [0.15, 0.2) is 0 Å². The molecule has 0 aliphatic carbocycles. The quantitative estimate of drug-likeness (QED) is 0.833. The summed E-state index contributed by atoms with van der Waals surface area (Å²) in [5, 5.41) is 21.3. The van der Waals surface area contributed by atoms with Gasteiger partial charge in [-0.1, -0.05) is 30.3 Å². The number of halogens is 1. The van der Waals surface area contributed by atoms with E-state index in [9.17, 15) is 14.6 Å². The Labute approximate surface area is 153 Å². The van der Waals surface area contributed by atoms with E-state index < -0.39 is 11.7 Å². The largest absolute Gasteiger partial charge is 0.496 e. The van der Waals surface area contributed by atoms with Crippen LogP contribution in [0.25, 0.3) is 0 Å². The maximum atomic E-state index is 13.0. The summed E-state index contributed by atoms with van der Waals surface area (Å²) < 4.78 is 18.4. The van der Waals surface area contributed by atoms with Crippen molar-refractivity contribution in [1.29, 1.82) is 0 Å². The maximum Gasteiger partial charge on any atom is 0.123 e. The van der Waals surface area contributed by atoms with E-state index in [1.807, 2.05) is 24.3 Å². The first-order valence-corrected chi connectivity index (χ1v) is 8.99. The van der Waals surface area contributed by atoms with Gasteiger partial charge in [-0.3, -0.25) is 0 Å². The van der Waals surface area contributed by atoms with Crippen LogP contribution < -0.4 is 4.74 Å². The number of aliphatic hydroxyl groups is 2. The van der Waals surface area contributed by atoms with E-state index in [1.165, 1.54) is 12.1 Å². The average molecular weight is 359 g/mol. The number of nitrogens with zero attached hydrogens (tertiary/aromatic N) is 1. The summed E-state index contributed by atoms with van der Waals surface area (Å²) in [5.74, 6) is 0.496. The summed E-state index contributed by atoms with van der Waals surface area (Å²) in [6.07, 6.45) is 1.18. The number of benzene rings is 2. The molecule has 1 unspecified atom stereocenters. The molecule has 2 aromatic carbocycles. The second-order valence-electron chi connectivity index (χ2n) is 7.08. The van der Waals surface area contributed by atoms with E-state index in [4.69, 9.17) is 4.74 Å². The summed E-state index contributed by atoms with van der Waals surface area (Å²) in [6.45, 7) is 1.91. The number of rotatable bonds is 6. The zero-order valence-electron chi connectivity index (χ0n) is 15.1. The molecule has 140 valence electrons. The molecule has 1 heterocycles. The van der Waals surface area contributed by atoms with Crippen LogP contribution >= 0.6 is 0 Å². The second-order valence-corrected chi connectivity index (χ2v) is 7.08. The second kappa shape index (κ2) is 8.16. The predicted molar refractivity (Wildman–Crippen MR) is 98.7 cm³/mol. The van der Waals surface area contributed by atoms with Crippen LogP contribution in [0.1, 0.15) is 30.1 Å². The van der Waals surface area contributed by atoms with Crippen LogP contribution in [0.15, 0.2) is 48.5 Å². The molecule has 1 aliphatic rings. The van der Waals surface area contributed by atoms with Crippen LogP contribution in [-0.4, -0.2) is 47.5 Å². The van der Waals surface area contributed by atoms with Crippen molar-refractivity contribution in [3.63, 3.8) is 0 Å². The van der Waals surface area contributed by atoms with Crippen LogP contribution in [0.5, 0.6) is 5.75 Å². The van der Waals surface area contributed by atoms with E-state index in [-0.39, 0.29) is 5.82 Å². The Morgan fingerprint density at radius 3 is 2.42 bits per heavy atom. The first-order valence-electron chi connectivity index (χ1n) is 8.99. The van der Waals surface area contributed by atoms with Gasteiger partial charge in [0.05, 0.1) is 18.8 Å². The molecule has 0 bridgehead atoms. The minimum Gasteiger partial charge on any atom is -0.496 e. The van der Waals surface area contributed by atoms with Gasteiger partial charge in [-0.05, 0) is 42.2 Å². The number of methoxy groups -OCH3 is 1. The minimum absolute atomic E-state index is 0.305. The summed E-state index contributed by atoms with van der Waals surface area (Å²) >= 11 is 0. The van der Waals surface area contributed by atoms with Gasteiger partial charge in [0.25, 0.3) is 0 Å². The maximum absolute atomic E-state index is 13.0. The fraction of sp³-hybridized carbons (Fsp3) is 0.429.